The number of aromatic nitrogens is 4. The van der Waals surface area contributed by atoms with Gasteiger partial charge in [0.1, 0.15) is 12.2 Å². The predicted octanol–water partition coefficient (Wildman–Crippen LogP) is 6.03. The van der Waals surface area contributed by atoms with E-state index in [4.69, 9.17) is 14.9 Å². The summed E-state index contributed by atoms with van der Waals surface area (Å²) in [4.78, 5) is 8.85. The molecule has 8 nitrogen and oxygen atoms in total. The molecule has 1 aliphatic rings. The molecule has 1 aliphatic carbocycles. The number of nitrogens with one attached hydrogen (secondary N) is 1. The van der Waals surface area contributed by atoms with Gasteiger partial charge in [0.05, 0.1) is 17.5 Å². The SMILES string of the molecule is Cc1nn(COCC[Si](C)(C)C)c2cc(Nc3nc(N)c4occ(C5CC(F)(F)C5)c4n3)ccc12. The Bertz CT molecular complexity index is 1390. The third-order valence-electron chi connectivity index (χ3n) is 6.40. The second-order valence-corrected chi connectivity index (χ2v) is 16.2. The maximum Gasteiger partial charge on any atom is 0.249 e. The molecule has 1 fully saturated rings. The van der Waals surface area contributed by atoms with Crippen molar-refractivity contribution < 1.29 is 17.9 Å². The largest absolute Gasteiger partial charge is 0.458 e. The molecule has 0 spiro atoms. The molecule has 0 unspecified atom stereocenters. The first-order valence-electron chi connectivity index (χ1n) is 11.7. The van der Waals surface area contributed by atoms with Gasteiger partial charge in [0, 0.05) is 50.1 Å². The third-order valence-corrected chi connectivity index (χ3v) is 8.11. The van der Waals surface area contributed by atoms with E-state index in [1.54, 1.807) is 0 Å². The Balaban J connectivity index is 1.38. The van der Waals surface area contributed by atoms with Gasteiger partial charge in [-0.05, 0) is 31.2 Å². The molecule has 0 amide bonds. The van der Waals surface area contributed by atoms with Crippen molar-refractivity contribution in [2.24, 2.45) is 0 Å². The summed E-state index contributed by atoms with van der Waals surface area (Å²) in [6.07, 6.45) is 1.04. The molecule has 186 valence electrons. The van der Waals surface area contributed by atoms with Crippen LogP contribution in [0, 0.1) is 6.92 Å². The fraction of sp³-hybridized carbons (Fsp3) is 0.458. The standard InChI is InChI=1S/C24H30F2N6O2Si/c1-14-17-6-5-16(9-19(17)32(31-14)13-33-7-8-35(2,3)4)28-23-29-20-18(15-10-24(25,26)11-15)12-34-21(20)22(27)30-23/h5-6,9,12,15H,7-8,10-11,13H2,1-4H3,(H3,27,28,29,30). The highest BCUT2D eigenvalue weighted by Crippen LogP contribution is 2.50. The average Bonchev–Trinajstić information content (AvgIpc) is 3.30. The minimum Gasteiger partial charge on any atom is -0.458 e. The number of anilines is 3. The van der Waals surface area contributed by atoms with E-state index in [1.165, 1.54) is 6.26 Å². The van der Waals surface area contributed by atoms with E-state index in [9.17, 15) is 8.78 Å². The summed E-state index contributed by atoms with van der Waals surface area (Å²) < 4.78 is 40.1. The van der Waals surface area contributed by atoms with Crippen LogP contribution in [-0.4, -0.2) is 40.4 Å². The summed E-state index contributed by atoms with van der Waals surface area (Å²) in [7, 11) is -1.17. The summed E-state index contributed by atoms with van der Waals surface area (Å²) in [6.45, 7) is 10.0. The first-order chi connectivity index (χ1) is 16.5. The molecule has 0 bridgehead atoms. The Morgan fingerprint density at radius 1 is 1.26 bits per heavy atom. The van der Waals surface area contributed by atoms with Gasteiger partial charge >= 0.3 is 0 Å². The van der Waals surface area contributed by atoms with Crippen LogP contribution < -0.4 is 11.1 Å². The van der Waals surface area contributed by atoms with E-state index in [0.29, 0.717) is 30.0 Å². The molecule has 4 aromatic rings. The number of furan rings is 1. The lowest BCUT2D eigenvalue weighted by Gasteiger charge is -2.34. The van der Waals surface area contributed by atoms with Crippen molar-refractivity contribution in [3.8, 4) is 0 Å². The lowest BCUT2D eigenvalue weighted by Crippen LogP contribution is -2.33. The monoisotopic (exact) mass is 500 g/mol. The molecule has 11 heteroatoms. The number of nitrogens with two attached hydrogens (primary N) is 1. The minimum absolute atomic E-state index is 0.160. The Morgan fingerprint density at radius 3 is 2.74 bits per heavy atom. The van der Waals surface area contributed by atoms with Gasteiger partial charge in [-0.1, -0.05) is 19.6 Å². The number of hydrogen-bond donors (Lipinski definition) is 2. The van der Waals surface area contributed by atoms with Crippen LogP contribution >= 0.6 is 0 Å². The molecule has 0 radical (unpaired) electrons. The quantitative estimate of drug-likeness (QED) is 0.225. The van der Waals surface area contributed by atoms with Crippen molar-refractivity contribution in [2.45, 2.75) is 64.0 Å². The van der Waals surface area contributed by atoms with Crippen molar-refractivity contribution in [3.63, 3.8) is 0 Å². The second-order valence-electron chi connectivity index (χ2n) is 10.6. The molecule has 5 rings (SSSR count). The van der Waals surface area contributed by atoms with Gasteiger partial charge < -0.3 is 20.2 Å². The van der Waals surface area contributed by atoms with Crippen LogP contribution in [-0.2, 0) is 11.5 Å². The number of fused-ring (bicyclic) bond motifs is 2. The zero-order valence-electron chi connectivity index (χ0n) is 20.4. The van der Waals surface area contributed by atoms with E-state index < -0.39 is 14.0 Å². The van der Waals surface area contributed by atoms with E-state index in [2.05, 4.69) is 40.0 Å². The van der Waals surface area contributed by atoms with Crippen LogP contribution in [0.3, 0.4) is 0 Å². The molecule has 3 heterocycles. The first kappa shape index (κ1) is 23.7. The number of nitrogen functional groups attached to an aromatic ring is 1. The van der Waals surface area contributed by atoms with E-state index in [0.717, 1.165) is 28.3 Å². The molecule has 1 saturated carbocycles. The van der Waals surface area contributed by atoms with Gasteiger partial charge in [0.2, 0.25) is 11.9 Å². The molecule has 3 aromatic heterocycles. The number of ether oxygens (including phenoxy) is 1. The maximum atomic E-state index is 13.4. The van der Waals surface area contributed by atoms with Gasteiger partial charge in [-0.15, -0.1) is 0 Å². The molecular weight excluding hydrogens is 470 g/mol. The number of aryl methyl sites for hydroxylation is 1. The smallest absolute Gasteiger partial charge is 0.249 e. The number of hydrogen-bond acceptors (Lipinski definition) is 7. The van der Waals surface area contributed by atoms with Gasteiger partial charge in [0.25, 0.3) is 0 Å². The van der Waals surface area contributed by atoms with Crippen LogP contribution in [0.1, 0.15) is 30.0 Å². The lowest BCUT2D eigenvalue weighted by atomic mass is 9.77. The molecule has 0 atom stereocenters. The third kappa shape index (κ3) is 4.87. The van der Waals surface area contributed by atoms with E-state index in [1.807, 2.05) is 29.8 Å². The van der Waals surface area contributed by atoms with Crippen LogP contribution in [0.25, 0.3) is 22.0 Å². The predicted molar refractivity (Wildman–Crippen MR) is 135 cm³/mol. The van der Waals surface area contributed by atoms with Crippen LogP contribution in [0.15, 0.2) is 28.9 Å². The van der Waals surface area contributed by atoms with Crippen LogP contribution in [0.2, 0.25) is 25.7 Å². The van der Waals surface area contributed by atoms with E-state index in [-0.39, 0.29) is 30.5 Å². The fourth-order valence-corrected chi connectivity index (χ4v) is 5.12. The highest BCUT2D eigenvalue weighted by molar-refractivity contribution is 6.76. The summed E-state index contributed by atoms with van der Waals surface area (Å²) in [5, 5.41) is 8.85. The Kier molecular flexibility index (Phi) is 5.79. The van der Waals surface area contributed by atoms with Gasteiger partial charge in [-0.25, -0.2) is 18.4 Å². The molecule has 3 N–H and O–H groups in total. The highest BCUT2D eigenvalue weighted by Gasteiger charge is 2.47. The van der Waals surface area contributed by atoms with Crippen molar-refractivity contribution in [1.29, 1.82) is 0 Å². The summed E-state index contributed by atoms with van der Waals surface area (Å²) in [5.74, 6) is -2.50. The molecular formula is C24H30F2N6O2Si. The zero-order chi connectivity index (χ0) is 25.0. The average molecular weight is 501 g/mol. The van der Waals surface area contributed by atoms with Crippen molar-refractivity contribution >= 4 is 47.5 Å². The number of alkyl halides is 2. The lowest BCUT2D eigenvalue weighted by molar-refractivity contribution is -0.0865. The van der Waals surface area contributed by atoms with Crippen LogP contribution in [0.5, 0.6) is 0 Å². The highest BCUT2D eigenvalue weighted by atomic mass is 28.3. The minimum atomic E-state index is -2.64. The molecule has 1 aromatic carbocycles. The van der Waals surface area contributed by atoms with Crippen LogP contribution in [0.4, 0.5) is 26.2 Å². The van der Waals surface area contributed by atoms with Gasteiger partial charge in [-0.3, -0.25) is 0 Å². The van der Waals surface area contributed by atoms with Crippen molar-refractivity contribution in [1.82, 2.24) is 19.7 Å². The maximum absolute atomic E-state index is 13.4. The Hall–Kier alpha value is -3.05. The first-order valence-corrected chi connectivity index (χ1v) is 15.4. The molecule has 0 saturated heterocycles. The summed E-state index contributed by atoms with van der Waals surface area (Å²) >= 11 is 0. The second kappa shape index (κ2) is 8.56. The van der Waals surface area contributed by atoms with E-state index >= 15 is 0 Å². The topological polar surface area (TPSA) is 104 Å². The van der Waals surface area contributed by atoms with Crippen molar-refractivity contribution in [2.75, 3.05) is 17.7 Å². The van der Waals surface area contributed by atoms with Crippen molar-refractivity contribution in [3.05, 3.63) is 35.7 Å². The normalized spacial score (nSPS) is 16.2. The molecule has 35 heavy (non-hydrogen) atoms. The molecule has 0 aliphatic heterocycles. The summed E-state index contributed by atoms with van der Waals surface area (Å²) in [6, 6.07) is 6.96. The number of rotatable bonds is 8. The fourth-order valence-electron chi connectivity index (χ4n) is 4.36. The number of benzene rings is 1. The van der Waals surface area contributed by atoms with Gasteiger partial charge in [-0.2, -0.15) is 10.1 Å². The zero-order valence-corrected chi connectivity index (χ0v) is 21.4. The number of nitrogens with zero attached hydrogens (tertiary/aromatic N) is 4. The van der Waals surface area contributed by atoms with Gasteiger partial charge in [0.15, 0.2) is 11.4 Å². The Labute approximate surface area is 202 Å². The summed E-state index contributed by atoms with van der Waals surface area (Å²) in [5.41, 5.74) is 10.1. The Morgan fingerprint density at radius 2 is 2.03 bits per heavy atom. The number of halogens is 2.